The van der Waals surface area contributed by atoms with E-state index < -0.39 is 0 Å². The molecule has 16 heavy (non-hydrogen) atoms. The minimum absolute atomic E-state index is 0.249. The Bertz CT molecular complexity index is 440. The van der Waals surface area contributed by atoms with E-state index in [2.05, 4.69) is 24.3 Å². The molecule has 0 radical (unpaired) electrons. The van der Waals surface area contributed by atoms with E-state index in [9.17, 15) is 0 Å². The fourth-order valence-corrected chi connectivity index (χ4v) is 1.71. The lowest BCUT2D eigenvalue weighted by Gasteiger charge is -2.01. The van der Waals surface area contributed by atoms with Gasteiger partial charge in [0, 0.05) is 12.2 Å². The van der Waals surface area contributed by atoms with Crippen molar-refractivity contribution >= 4 is 0 Å². The predicted octanol–water partition coefficient (Wildman–Crippen LogP) is 3.18. The van der Waals surface area contributed by atoms with Crippen molar-refractivity contribution in [1.82, 2.24) is 0 Å². The molecule has 1 aromatic heterocycles. The summed E-state index contributed by atoms with van der Waals surface area (Å²) in [7, 11) is 0. The summed E-state index contributed by atoms with van der Waals surface area (Å²) in [6.45, 7) is 2.19. The highest BCUT2D eigenvalue weighted by Gasteiger charge is 2.02. The van der Waals surface area contributed by atoms with Crippen LogP contribution in [0.3, 0.4) is 0 Å². The molecule has 2 heteroatoms. The normalized spacial score (nSPS) is 10.6. The van der Waals surface area contributed by atoms with Crippen LogP contribution in [0.5, 0.6) is 0 Å². The molecule has 0 bridgehead atoms. The highest BCUT2D eigenvalue weighted by Crippen LogP contribution is 2.22. The average Bonchev–Trinajstić information content (AvgIpc) is 2.74. The standard InChI is InChI=1S/C14H16O2/c1-11-4-9-14(16-11)13-7-5-12(6-8-13)3-2-10-15/h4-9,15H,2-3,10H2,1H3. The van der Waals surface area contributed by atoms with Gasteiger partial charge in [0.1, 0.15) is 11.5 Å². The van der Waals surface area contributed by atoms with Crippen molar-refractivity contribution in [3.63, 3.8) is 0 Å². The minimum atomic E-state index is 0.249. The van der Waals surface area contributed by atoms with E-state index in [4.69, 9.17) is 9.52 Å². The zero-order valence-electron chi connectivity index (χ0n) is 9.44. The van der Waals surface area contributed by atoms with Gasteiger partial charge in [-0.3, -0.25) is 0 Å². The Morgan fingerprint density at radius 3 is 2.38 bits per heavy atom. The summed E-state index contributed by atoms with van der Waals surface area (Å²) in [5.41, 5.74) is 2.35. The lowest BCUT2D eigenvalue weighted by atomic mass is 10.1. The van der Waals surface area contributed by atoms with Crippen LogP contribution < -0.4 is 0 Å². The molecule has 0 aliphatic heterocycles. The van der Waals surface area contributed by atoms with E-state index in [1.165, 1.54) is 5.56 Å². The predicted molar refractivity (Wildman–Crippen MR) is 64.3 cm³/mol. The van der Waals surface area contributed by atoms with Crippen molar-refractivity contribution in [1.29, 1.82) is 0 Å². The van der Waals surface area contributed by atoms with Crippen molar-refractivity contribution in [2.24, 2.45) is 0 Å². The maximum Gasteiger partial charge on any atom is 0.134 e. The average molecular weight is 216 g/mol. The van der Waals surface area contributed by atoms with Gasteiger partial charge in [-0.25, -0.2) is 0 Å². The van der Waals surface area contributed by atoms with Crippen LogP contribution >= 0.6 is 0 Å². The van der Waals surface area contributed by atoms with Gasteiger partial charge in [-0.2, -0.15) is 0 Å². The Morgan fingerprint density at radius 1 is 1.06 bits per heavy atom. The number of benzene rings is 1. The number of furan rings is 1. The zero-order chi connectivity index (χ0) is 11.4. The molecule has 0 fully saturated rings. The third-order valence-corrected chi connectivity index (χ3v) is 2.60. The third-order valence-electron chi connectivity index (χ3n) is 2.60. The number of aliphatic hydroxyl groups excluding tert-OH is 1. The molecule has 0 amide bonds. The Hall–Kier alpha value is -1.54. The quantitative estimate of drug-likeness (QED) is 0.851. The molecule has 2 aromatic rings. The maximum atomic E-state index is 8.75. The number of hydrogen-bond donors (Lipinski definition) is 1. The summed E-state index contributed by atoms with van der Waals surface area (Å²) < 4.78 is 5.55. The summed E-state index contributed by atoms with van der Waals surface area (Å²) in [4.78, 5) is 0. The van der Waals surface area contributed by atoms with Crippen LogP contribution in [0.15, 0.2) is 40.8 Å². The molecular weight excluding hydrogens is 200 g/mol. The van der Waals surface area contributed by atoms with Crippen molar-refractivity contribution in [2.75, 3.05) is 6.61 Å². The SMILES string of the molecule is Cc1ccc(-c2ccc(CCCO)cc2)o1. The molecule has 0 saturated carbocycles. The van der Waals surface area contributed by atoms with E-state index in [1.807, 2.05) is 19.1 Å². The Labute approximate surface area is 95.5 Å². The summed E-state index contributed by atoms with van der Waals surface area (Å²) >= 11 is 0. The van der Waals surface area contributed by atoms with Gasteiger partial charge in [-0.05, 0) is 37.5 Å². The van der Waals surface area contributed by atoms with Crippen LogP contribution in [0, 0.1) is 6.92 Å². The number of hydrogen-bond acceptors (Lipinski definition) is 2. The van der Waals surface area contributed by atoms with Crippen molar-refractivity contribution in [3.8, 4) is 11.3 Å². The molecule has 1 heterocycles. The maximum absolute atomic E-state index is 8.75. The first kappa shape index (κ1) is 11.0. The van der Waals surface area contributed by atoms with Crippen LogP contribution in [0.1, 0.15) is 17.7 Å². The molecule has 84 valence electrons. The van der Waals surface area contributed by atoms with Gasteiger partial charge >= 0.3 is 0 Å². The molecule has 1 N–H and O–H groups in total. The molecule has 0 saturated heterocycles. The Morgan fingerprint density at radius 2 is 1.81 bits per heavy atom. The van der Waals surface area contributed by atoms with Gasteiger partial charge in [0.05, 0.1) is 0 Å². The molecule has 2 nitrogen and oxygen atoms in total. The van der Waals surface area contributed by atoms with Crippen LogP contribution in [0.25, 0.3) is 11.3 Å². The lowest BCUT2D eigenvalue weighted by Crippen LogP contribution is -1.88. The first-order chi connectivity index (χ1) is 7.79. The molecular formula is C14H16O2. The van der Waals surface area contributed by atoms with Gasteiger partial charge in [0.15, 0.2) is 0 Å². The minimum Gasteiger partial charge on any atom is -0.461 e. The van der Waals surface area contributed by atoms with Crippen molar-refractivity contribution in [2.45, 2.75) is 19.8 Å². The summed E-state index contributed by atoms with van der Waals surface area (Å²) in [5, 5.41) is 8.75. The first-order valence-electron chi connectivity index (χ1n) is 5.56. The second kappa shape index (κ2) is 4.99. The van der Waals surface area contributed by atoms with Crippen LogP contribution in [0.2, 0.25) is 0 Å². The van der Waals surface area contributed by atoms with Crippen molar-refractivity contribution in [3.05, 3.63) is 47.7 Å². The molecule has 0 aliphatic carbocycles. The zero-order valence-corrected chi connectivity index (χ0v) is 9.44. The van der Waals surface area contributed by atoms with Crippen LogP contribution in [-0.4, -0.2) is 11.7 Å². The molecule has 0 aliphatic rings. The van der Waals surface area contributed by atoms with Gasteiger partial charge in [0.25, 0.3) is 0 Å². The largest absolute Gasteiger partial charge is 0.461 e. The van der Waals surface area contributed by atoms with E-state index in [0.29, 0.717) is 0 Å². The summed E-state index contributed by atoms with van der Waals surface area (Å²) in [6.07, 6.45) is 1.74. The van der Waals surface area contributed by atoms with Crippen LogP contribution in [0.4, 0.5) is 0 Å². The fraction of sp³-hybridized carbons (Fsp3) is 0.286. The third kappa shape index (κ3) is 2.52. The molecule has 0 atom stereocenters. The first-order valence-corrected chi connectivity index (χ1v) is 5.56. The number of aryl methyl sites for hydroxylation is 2. The second-order valence-corrected chi connectivity index (χ2v) is 3.93. The molecule has 1 aromatic carbocycles. The second-order valence-electron chi connectivity index (χ2n) is 3.93. The van der Waals surface area contributed by atoms with E-state index >= 15 is 0 Å². The van der Waals surface area contributed by atoms with Gasteiger partial charge in [-0.15, -0.1) is 0 Å². The van der Waals surface area contributed by atoms with Crippen molar-refractivity contribution < 1.29 is 9.52 Å². The van der Waals surface area contributed by atoms with E-state index in [0.717, 1.165) is 29.9 Å². The molecule has 0 unspecified atom stereocenters. The highest BCUT2D eigenvalue weighted by molar-refractivity contribution is 5.57. The fourth-order valence-electron chi connectivity index (χ4n) is 1.71. The van der Waals surface area contributed by atoms with Gasteiger partial charge in [-0.1, -0.05) is 24.3 Å². The smallest absolute Gasteiger partial charge is 0.134 e. The van der Waals surface area contributed by atoms with E-state index in [1.54, 1.807) is 0 Å². The Kier molecular flexibility index (Phi) is 3.42. The van der Waals surface area contributed by atoms with Gasteiger partial charge < -0.3 is 9.52 Å². The number of aliphatic hydroxyl groups is 1. The van der Waals surface area contributed by atoms with Crippen LogP contribution in [-0.2, 0) is 6.42 Å². The number of rotatable bonds is 4. The summed E-state index contributed by atoms with van der Waals surface area (Å²) in [6, 6.07) is 12.2. The monoisotopic (exact) mass is 216 g/mol. The highest BCUT2D eigenvalue weighted by atomic mass is 16.3. The Balaban J connectivity index is 2.13. The van der Waals surface area contributed by atoms with Gasteiger partial charge in [0.2, 0.25) is 0 Å². The molecule has 0 spiro atoms. The molecule has 2 rings (SSSR count). The topological polar surface area (TPSA) is 33.4 Å². The summed E-state index contributed by atoms with van der Waals surface area (Å²) in [5.74, 6) is 1.84. The lowest BCUT2D eigenvalue weighted by molar-refractivity contribution is 0.288. The van der Waals surface area contributed by atoms with E-state index in [-0.39, 0.29) is 6.61 Å².